The molecule has 2 aliphatic rings. The van der Waals surface area contributed by atoms with Crippen LogP contribution in [-0.4, -0.2) is 83.9 Å². The quantitative estimate of drug-likeness (QED) is 0.0625. The van der Waals surface area contributed by atoms with Gasteiger partial charge in [0.25, 0.3) is 17.7 Å². The summed E-state index contributed by atoms with van der Waals surface area (Å²) in [7, 11) is 0. The van der Waals surface area contributed by atoms with Crippen LogP contribution in [0.2, 0.25) is 0 Å². The lowest BCUT2D eigenvalue weighted by atomic mass is 10.1. The van der Waals surface area contributed by atoms with Crippen LogP contribution >= 0.6 is 0 Å². The van der Waals surface area contributed by atoms with E-state index < -0.39 is 29.9 Å². The number of aromatic carboxylic acids is 4. The number of allylic oxidation sites excluding steroid dienone is 1. The maximum atomic E-state index is 11.7. The van der Waals surface area contributed by atoms with Crippen LogP contribution in [0.25, 0.3) is 16.7 Å². The van der Waals surface area contributed by atoms with Gasteiger partial charge in [0.2, 0.25) is 5.82 Å². The number of nitrogen functional groups attached to an aromatic ring is 2. The molecule has 2 aliphatic heterocycles. The molecule has 3 aromatic heterocycles. The first-order chi connectivity index (χ1) is 30.0. The van der Waals surface area contributed by atoms with Gasteiger partial charge in [-0.05, 0) is 50.2 Å². The number of nitrogens with one attached hydrogen (secondary N) is 4. The van der Waals surface area contributed by atoms with E-state index in [9.17, 15) is 50.0 Å². The van der Waals surface area contributed by atoms with Crippen LogP contribution in [0.5, 0.6) is 6.01 Å². The number of aromatic nitrogens is 7. The third-order valence-corrected chi connectivity index (χ3v) is 8.60. The predicted molar refractivity (Wildman–Crippen MR) is 208 cm³/mol. The molecule has 5 heterocycles. The van der Waals surface area contributed by atoms with Crippen LogP contribution in [-0.2, 0) is 0 Å². The third kappa shape index (κ3) is 7.67. The van der Waals surface area contributed by atoms with Crippen LogP contribution < -0.4 is 43.4 Å². The van der Waals surface area contributed by atoms with Gasteiger partial charge in [-0.2, -0.15) is 39.8 Å². The highest BCUT2D eigenvalue weighted by atomic mass is 16.4. The number of nitrogens with two attached hydrogens (primary N) is 2. The Morgan fingerprint density at radius 3 is 1.51 bits per heavy atom. The molecule has 5 aromatic rings. The van der Waals surface area contributed by atoms with Gasteiger partial charge in [0.05, 0.1) is 45.0 Å². The molecule has 0 amide bonds. The van der Waals surface area contributed by atoms with Gasteiger partial charge < -0.3 is 41.8 Å². The summed E-state index contributed by atoms with van der Waals surface area (Å²) < 4.78 is 1.92. The fraction of sp³-hybridized carbons (Fsp3) is 0.0606. The summed E-state index contributed by atoms with van der Waals surface area (Å²) in [6.07, 6.45) is 0. The number of aryl methyl sites for hydroxylation is 2. The predicted octanol–water partition coefficient (Wildman–Crippen LogP) is 1.49. The Morgan fingerprint density at radius 2 is 1.10 bits per heavy atom. The van der Waals surface area contributed by atoms with Crippen molar-refractivity contribution in [1.29, 1.82) is 5.26 Å². The summed E-state index contributed by atoms with van der Waals surface area (Å²) in [5.41, 5.74) is 21.4. The van der Waals surface area contributed by atoms with E-state index in [0.29, 0.717) is 0 Å². The van der Waals surface area contributed by atoms with Gasteiger partial charge in [-0.15, -0.1) is 26.0 Å². The number of carbonyl (C=O) groups is 4. The molecule has 0 saturated carbocycles. The number of nitriles is 1. The van der Waals surface area contributed by atoms with Gasteiger partial charge in [0, 0.05) is 0 Å². The monoisotopic (exact) mass is 859 g/mol. The first kappa shape index (κ1) is 41.1. The number of rotatable bonds is 12. The molecule has 0 bridgehead atoms. The van der Waals surface area contributed by atoms with Crippen molar-refractivity contribution in [2.45, 2.75) is 13.8 Å². The van der Waals surface area contributed by atoms with Crippen LogP contribution in [0.1, 0.15) is 52.8 Å². The average molecular weight is 860 g/mol. The molecule has 2 aromatic carbocycles. The van der Waals surface area contributed by atoms with Crippen molar-refractivity contribution in [2.24, 2.45) is 20.5 Å². The van der Waals surface area contributed by atoms with E-state index in [2.05, 4.69) is 72.4 Å². The third-order valence-electron chi connectivity index (χ3n) is 8.60. The van der Waals surface area contributed by atoms with Crippen LogP contribution in [0.3, 0.4) is 0 Å². The molecule has 0 atom stereocenters. The molecule has 0 aliphatic carbocycles. The van der Waals surface area contributed by atoms with Crippen molar-refractivity contribution < 1.29 is 44.7 Å². The summed E-state index contributed by atoms with van der Waals surface area (Å²) in [6, 6.07) is 7.45. The summed E-state index contributed by atoms with van der Waals surface area (Å²) in [6.45, 7) is 10.5. The number of hydrogen-bond acceptors (Lipinski definition) is 23. The highest BCUT2D eigenvalue weighted by Crippen LogP contribution is 2.34. The number of aromatic hydroxyl groups is 1. The second-order valence-electron chi connectivity index (χ2n) is 12.6. The molecule has 316 valence electrons. The SMILES string of the molecule is [C-]#[N+]C1=C(N=Nc2c(C)nn(-c3nc(O)nc(-n4nc(C)c(N=NC5=C(C#N)NNN5c5cc(C(=O)O)cc(C(=O)O)c5)c4N)n3)c2N)N(c2cc(C(=O)O)cc(C(=O)O)c2)NN1. The minimum Gasteiger partial charge on any atom is -0.479 e. The Morgan fingerprint density at radius 1 is 0.683 bits per heavy atom. The van der Waals surface area contributed by atoms with E-state index in [4.69, 9.17) is 18.0 Å². The van der Waals surface area contributed by atoms with Crippen molar-refractivity contribution in [3.05, 3.63) is 105 Å². The first-order valence-electron chi connectivity index (χ1n) is 17.1. The van der Waals surface area contributed by atoms with Crippen molar-refractivity contribution in [3.8, 4) is 24.0 Å². The van der Waals surface area contributed by atoms with Gasteiger partial charge in [0.1, 0.15) is 6.07 Å². The van der Waals surface area contributed by atoms with Gasteiger partial charge in [-0.25, -0.2) is 34.6 Å². The molecule has 7 rings (SSSR count). The highest BCUT2D eigenvalue weighted by molar-refractivity contribution is 5.96. The fourth-order valence-electron chi connectivity index (χ4n) is 5.70. The topological polar surface area (TPSA) is 428 Å². The maximum absolute atomic E-state index is 11.7. The second-order valence-corrected chi connectivity index (χ2v) is 12.6. The molecule has 0 fully saturated rings. The summed E-state index contributed by atoms with van der Waals surface area (Å²) >= 11 is 0. The zero-order valence-electron chi connectivity index (χ0n) is 31.7. The Bertz CT molecular complexity index is 2780. The molecule has 0 spiro atoms. The number of hydrogen-bond donors (Lipinski definition) is 11. The highest BCUT2D eigenvalue weighted by Gasteiger charge is 2.29. The number of hydrazine groups is 4. The lowest BCUT2D eigenvalue weighted by molar-refractivity contribution is 0.0676. The first-order valence-corrected chi connectivity index (χ1v) is 17.1. The fourth-order valence-corrected chi connectivity index (χ4v) is 5.70. The van der Waals surface area contributed by atoms with E-state index in [1.165, 1.54) is 13.8 Å². The van der Waals surface area contributed by atoms with Crippen molar-refractivity contribution >= 4 is 58.3 Å². The Labute approximate surface area is 348 Å². The number of nitrogens with zero attached hydrogens (tertiary/aromatic N) is 15. The minimum absolute atomic E-state index is 0.0309. The lowest BCUT2D eigenvalue weighted by Crippen LogP contribution is -2.37. The van der Waals surface area contributed by atoms with Crippen LogP contribution in [0, 0.1) is 31.8 Å². The van der Waals surface area contributed by atoms with E-state index >= 15 is 0 Å². The number of carboxylic acid groups (broad SMARTS) is 4. The van der Waals surface area contributed by atoms with Gasteiger partial charge in [0.15, 0.2) is 34.5 Å². The molecular formula is C33H25N21O9. The number of carboxylic acids is 4. The van der Waals surface area contributed by atoms with Crippen molar-refractivity contribution in [3.63, 3.8) is 0 Å². The van der Waals surface area contributed by atoms with E-state index in [-0.39, 0.29) is 103 Å². The number of anilines is 4. The average Bonchev–Trinajstić information content (AvgIpc) is 4.01. The summed E-state index contributed by atoms with van der Waals surface area (Å²) in [5, 5.41) is 85.8. The van der Waals surface area contributed by atoms with Crippen molar-refractivity contribution in [2.75, 3.05) is 21.5 Å². The van der Waals surface area contributed by atoms with Gasteiger partial charge in [-0.1, -0.05) is 12.1 Å². The van der Waals surface area contributed by atoms with Gasteiger partial charge in [-0.3, -0.25) is 5.43 Å². The van der Waals surface area contributed by atoms with E-state index in [1.54, 1.807) is 0 Å². The van der Waals surface area contributed by atoms with E-state index in [1.807, 2.05) is 6.07 Å². The minimum atomic E-state index is -1.42. The molecule has 30 heteroatoms. The normalized spacial score (nSPS) is 13.7. The number of azo groups is 2. The molecule has 0 saturated heterocycles. The zero-order chi connectivity index (χ0) is 45.4. The Kier molecular flexibility index (Phi) is 10.4. The smallest absolute Gasteiger partial charge is 0.335 e. The molecule has 0 radical (unpaired) electrons. The molecule has 30 nitrogen and oxygen atoms in total. The van der Waals surface area contributed by atoms with E-state index in [0.717, 1.165) is 55.8 Å². The van der Waals surface area contributed by atoms with Crippen molar-refractivity contribution in [1.82, 2.24) is 56.4 Å². The molecule has 13 N–H and O–H groups in total. The molecule has 63 heavy (non-hydrogen) atoms. The largest absolute Gasteiger partial charge is 0.479 e. The molecule has 0 unspecified atom stereocenters. The lowest BCUT2D eigenvalue weighted by Gasteiger charge is -2.18. The van der Waals surface area contributed by atoms with Crippen LogP contribution in [0.4, 0.5) is 34.4 Å². The summed E-state index contributed by atoms with van der Waals surface area (Å²) in [4.78, 5) is 62.3. The standard InChI is InChI=1S/C33H25N21O9/c1-11-20(42-45-25-19(10-34)41-49-51(25)17-6-13(27(55)56)4-14(7-17)28(57)58)22(35)53(47-11)31-38-32(40-33(63)39-31)54-23(36)21(12(2)48-54)43-46-26-24(37-3)44-50-52(26)18-8-15(29(59)60)5-16(9-18)30(61)62/h4-9,41,44,49-50H,35-36H2,1-2H3,(H,55,56)(H,57,58)(H,59,60)(H,61,62)(H,38,39,40,63). The Hall–Kier alpha value is -10.1. The number of benzene rings is 2. The second kappa shape index (κ2) is 15.9. The summed E-state index contributed by atoms with van der Waals surface area (Å²) in [5.74, 6) is -7.56. The van der Waals surface area contributed by atoms with Gasteiger partial charge >= 0.3 is 29.9 Å². The molecular weight excluding hydrogens is 835 g/mol. The Balaban J connectivity index is 1.20. The maximum Gasteiger partial charge on any atom is 0.335 e. The zero-order valence-corrected chi connectivity index (χ0v) is 31.7. The van der Waals surface area contributed by atoms with Crippen LogP contribution in [0.15, 0.2) is 80.0 Å².